The van der Waals surface area contributed by atoms with E-state index in [2.05, 4.69) is 10.4 Å². The summed E-state index contributed by atoms with van der Waals surface area (Å²) in [6.07, 6.45) is 4.33. The number of halogens is 2. The first kappa shape index (κ1) is 19.6. The van der Waals surface area contributed by atoms with Crippen molar-refractivity contribution in [2.45, 2.75) is 19.0 Å². The lowest BCUT2D eigenvalue weighted by Gasteiger charge is -2.25. The normalized spacial score (nSPS) is 17.8. The smallest absolute Gasteiger partial charge is 0.224 e. The molecule has 1 aromatic heterocycles. The fraction of sp³-hybridized carbons (Fsp3) is 0.667. The number of carbonyl (C=O) groups excluding carboxylic acids is 1. The molecule has 1 amide bonds. The molecule has 0 aliphatic carbocycles. The molecule has 1 fully saturated rings. The van der Waals surface area contributed by atoms with Crippen LogP contribution in [0, 0.1) is 0 Å². The third-order valence-electron chi connectivity index (χ3n) is 3.02. The zero-order valence-corrected chi connectivity index (χ0v) is 14.2. The lowest BCUT2D eigenvalue weighted by Crippen LogP contribution is -2.41. The summed E-state index contributed by atoms with van der Waals surface area (Å²) in [6, 6.07) is 0.326. The molecule has 0 aromatic carbocycles. The number of nitrogens with one attached hydrogen (secondary N) is 1. The molecular weight excluding hydrogens is 319 g/mol. The van der Waals surface area contributed by atoms with Gasteiger partial charge in [-0.1, -0.05) is 0 Å². The van der Waals surface area contributed by atoms with Gasteiger partial charge in [0, 0.05) is 62.9 Å². The molecule has 2 heterocycles. The summed E-state index contributed by atoms with van der Waals surface area (Å²) in [5, 5.41) is 7.50. The second-order valence-electron chi connectivity index (χ2n) is 4.70. The third kappa shape index (κ3) is 5.91. The Morgan fingerprint density at radius 1 is 1.60 bits per heavy atom. The van der Waals surface area contributed by atoms with Crippen LogP contribution in [-0.4, -0.2) is 51.7 Å². The Morgan fingerprint density at radius 2 is 2.35 bits per heavy atom. The Morgan fingerprint density at radius 3 is 2.90 bits per heavy atom. The topological polar surface area (TPSA) is 50.2 Å². The number of thioether (sulfide) groups is 1. The highest BCUT2D eigenvalue weighted by molar-refractivity contribution is 7.99. The van der Waals surface area contributed by atoms with Crippen molar-refractivity contribution >= 4 is 42.5 Å². The van der Waals surface area contributed by atoms with Crippen LogP contribution < -0.4 is 5.32 Å². The highest BCUT2D eigenvalue weighted by atomic mass is 35.5. The van der Waals surface area contributed by atoms with Crippen molar-refractivity contribution in [3.8, 4) is 0 Å². The molecule has 116 valence electrons. The summed E-state index contributed by atoms with van der Waals surface area (Å²) >= 11 is 1.92. The maximum absolute atomic E-state index is 12.1. The standard InChI is InChI=1S/C12H20N4OS.2ClH/c1-15(7-10-6-14-16(2)8-10)12(17)5-11-9-18-4-3-13-11;;/h6,8,11,13H,3-5,7,9H2,1-2H3;2*1H. The van der Waals surface area contributed by atoms with Crippen molar-refractivity contribution in [1.82, 2.24) is 20.0 Å². The van der Waals surface area contributed by atoms with E-state index in [1.54, 1.807) is 15.8 Å². The van der Waals surface area contributed by atoms with E-state index in [1.165, 1.54) is 0 Å². The summed E-state index contributed by atoms with van der Waals surface area (Å²) < 4.78 is 1.76. The molecule has 8 heteroatoms. The van der Waals surface area contributed by atoms with Crippen molar-refractivity contribution in [3.63, 3.8) is 0 Å². The monoisotopic (exact) mass is 340 g/mol. The number of rotatable bonds is 4. The van der Waals surface area contributed by atoms with Crippen LogP contribution in [0.5, 0.6) is 0 Å². The first-order valence-corrected chi connectivity index (χ1v) is 7.33. The van der Waals surface area contributed by atoms with Crippen LogP contribution in [-0.2, 0) is 18.4 Å². The Kier molecular flexibility index (Phi) is 9.29. The van der Waals surface area contributed by atoms with Gasteiger partial charge >= 0.3 is 0 Å². The minimum absolute atomic E-state index is 0. The minimum Gasteiger partial charge on any atom is -0.341 e. The molecule has 1 aliphatic rings. The van der Waals surface area contributed by atoms with E-state index in [-0.39, 0.29) is 30.7 Å². The van der Waals surface area contributed by atoms with Gasteiger partial charge < -0.3 is 10.2 Å². The van der Waals surface area contributed by atoms with Crippen LogP contribution in [0.2, 0.25) is 0 Å². The number of amides is 1. The molecule has 0 bridgehead atoms. The average Bonchev–Trinajstić information content (AvgIpc) is 2.76. The third-order valence-corrected chi connectivity index (χ3v) is 4.15. The molecule has 0 spiro atoms. The molecule has 20 heavy (non-hydrogen) atoms. The fourth-order valence-corrected chi connectivity index (χ4v) is 2.98. The second kappa shape index (κ2) is 9.50. The van der Waals surface area contributed by atoms with Crippen LogP contribution in [0.1, 0.15) is 12.0 Å². The summed E-state index contributed by atoms with van der Waals surface area (Å²) in [5.41, 5.74) is 1.07. The Hall–Kier alpha value is -0.430. The molecule has 2 rings (SSSR count). The zero-order valence-electron chi connectivity index (χ0n) is 11.7. The maximum Gasteiger partial charge on any atom is 0.224 e. The van der Waals surface area contributed by atoms with Gasteiger partial charge in [-0.25, -0.2) is 0 Å². The molecular formula is C12H22Cl2N4OS. The van der Waals surface area contributed by atoms with Crippen molar-refractivity contribution < 1.29 is 4.79 Å². The number of aryl methyl sites for hydroxylation is 1. The highest BCUT2D eigenvalue weighted by Crippen LogP contribution is 2.12. The molecule has 5 nitrogen and oxygen atoms in total. The van der Waals surface area contributed by atoms with Crippen LogP contribution in [0.3, 0.4) is 0 Å². The highest BCUT2D eigenvalue weighted by Gasteiger charge is 2.19. The van der Waals surface area contributed by atoms with Gasteiger partial charge in [-0.3, -0.25) is 9.48 Å². The first-order chi connectivity index (χ1) is 8.65. The number of hydrogen-bond donors (Lipinski definition) is 1. The summed E-state index contributed by atoms with van der Waals surface area (Å²) in [5.74, 6) is 2.38. The summed E-state index contributed by atoms with van der Waals surface area (Å²) in [4.78, 5) is 13.8. The van der Waals surface area contributed by atoms with Crippen LogP contribution in [0.25, 0.3) is 0 Å². The van der Waals surface area contributed by atoms with Gasteiger partial charge in [-0.05, 0) is 0 Å². The summed E-state index contributed by atoms with van der Waals surface area (Å²) in [6.45, 7) is 1.64. The SMILES string of the molecule is CN(Cc1cnn(C)c1)C(=O)CC1CSCCN1.Cl.Cl. The van der Waals surface area contributed by atoms with Gasteiger partial charge in [0.1, 0.15) is 0 Å². The predicted molar refractivity (Wildman–Crippen MR) is 87.9 cm³/mol. The number of hydrogen-bond acceptors (Lipinski definition) is 4. The van der Waals surface area contributed by atoms with Gasteiger partial charge in [0.15, 0.2) is 0 Å². The Balaban J connectivity index is 0.00000180. The van der Waals surface area contributed by atoms with Crippen molar-refractivity contribution in [2.24, 2.45) is 7.05 Å². The van der Waals surface area contributed by atoms with E-state index in [0.717, 1.165) is 23.6 Å². The van der Waals surface area contributed by atoms with E-state index in [0.29, 0.717) is 19.0 Å². The van der Waals surface area contributed by atoms with Gasteiger partial charge in [-0.2, -0.15) is 16.9 Å². The van der Waals surface area contributed by atoms with Gasteiger partial charge in [0.05, 0.1) is 6.20 Å². The van der Waals surface area contributed by atoms with E-state index < -0.39 is 0 Å². The largest absolute Gasteiger partial charge is 0.341 e. The predicted octanol–water partition coefficient (Wildman–Crippen LogP) is 1.32. The molecule has 1 atom stereocenters. The van der Waals surface area contributed by atoms with Crippen molar-refractivity contribution in [2.75, 3.05) is 25.1 Å². The van der Waals surface area contributed by atoms with Gasteiger partial charge in [0.25, 0.3) is 0 Å². The molecule has 0 saturated carbocycles. The number of carbonyl (C=O) groups is 1. The zero-order chi connectivity index (χ0) is 13.0. The first-order valence-electron chi connectivity index (χ1n) is 6.18. The molecule has 1 N–H and O–H groups in total. The second-order valence-corrected chi connectivity index (χ2v) is 5.85. The van der Waals surface area contributed by atoms with Crippen molar-refractivity contribution in [3.05, 3.63) is 18.0 Å². The van der Waals surface area contributed by atoms with Crippen LogP contribution in [0.4, 0.5) is 0 Å². The molecule has 0 radical (unpaired) electrons. The van der Waals surface area contributed by atoms with E-state index in [4.69, 9.17) is 0 Å². The van der Waals surface area contributed by atoms with E-state index in [1.807, 2.05) is 32.1 Å². The lowest BCUT2D eigenvalue weighted by atomic mass is 10.2. The van der Waals surface area contributed by atoms with Crippen molar-refractivity contribution in [1.29, 1.82) is 0 Å². The van der Waals surface area contributed by atoms with E-state index >= 15 is 0 Å². The average molecular weight is 341 g/mol. The minimum atomic E-state index is 0. The van der Waals surface area contributed by atoms with Crippen LogP contribution in [0.15, 0.2) is 12.4 Å². The quantitative estimate of drug-likeness (QED) is 0.897. The molecule has 1 aliphatic heterocycles. The molecule has 1 saturated heterocycles. The molecule has 1 unspecified atom stereocenters. The Labute approximate surface area is 136 Å². The van der Waals surface area contributed by atoms with Gasteiger partial charge in [-0.15, -0.1) is 24.8 Å². The maximum atomic E-state index is 12.1. The van der Waals surface area contributed by atoms with E-state index in [9.17, 15) is 4.79 Å². The van der Waals surface area contributed by atoms with Gasteiger partial charge in [0.2, 0.25) is 5.91 Å². The number of aromatic nitrogens is 2. The number of nitrogens with zero attached hydrogens (tertiary/aromatic N) is 3. The lowest BCUT2D eigenvalue weighted by molar-refractivity contribution is -0.130. The molecule has 1 aromatic rings. The van der Waals surface area contributed by atoms with Crippen LogP contribution >= 0.6 is 36.6 Å². The Bertz CT molecular complexity index is 410. The summed E-state index contributed by atoms with van der Waals surface area (Å²) in [7, 11) is 3.74. The fourth-order valence-electron chi connectivity index (χ4n) is 2.03.